The Morgan fingerprint density at radius 2 is 1.87 bits per heavy atom. The van der Waals surface area contributed by atoms with Gasteiger partial charge in [0.1, 0.15) is 5.57 Å². The summed E-state index contributed by atoms with van der Waals surface area (Å²) in [4.78, 5) is 27.5. The Balaban J connectivity index is 1.83. The van der Waals surface area contributed by atoms with Crippen LogP contribution in [0.3, 0.4) is 0 Å². The van der Waals surface area contributed by atoms with Gasteiger partial charge in [0.15, 0.2) is 5.78 Å². The summed E-state index contributed by atoms with van der Waals surface area (Å²) >= 11 is 0. The van der Waals surface area contributed by atoms with Crippen molar-refractivity contribution in [3.05, 3.63) is 41.6 Å². The molecule has 122 valence electrons. The van der Waals surface area contributed by atoms with E-state index in [2.05, 4.69) is 29.2 Å². The van der Waals surface area contributed by atoms with E-state index in [4.69, 9.17) is 5.11 Å². The molecule has 3 rings (SSSR count). The summed E-state index contributed by atoms with van der Waals surface area (Å²) in [5.74, 6) is -1.44. The molecule has 1 aromatic carbocycles. The number of hydrogen-bond donors (Lipinski definition) is 1. The minimum Gasteiger partial charge on any atom is -0.478 e. The summed E-state index contributed by atoms with van der Waals surface area (Å²) in [6.45, 7) is 4.85. The van der Waals surface area contributed by atoms with E-state index >= 15 is 0 Å². The van der Waals surface area contributed by atoms with Crippen molar-refractivity contribution in [1.82, 2.24) is 4.90 Å². The largest absolute Gasteiger partial charge is 0.478 e. The first-order valence-electron chi connectivity index (χ1n) is 8.19. The van der Waals surface area contributed by atoms with Crippen LogP contribution in [0.25, 0.3) is 0 Å². The van der Waals surface area contributed by atoms with Gasteiger partial charge < -0.3 is 14.9 Å². The van der Waals surface area contributed by atoms with Gasteiger partial charge in [-0.05, 0) is 37.5 Å². The molecular formula is C18H22N2O3. The predicted molar refractivity (Wildman–Crippen MR) is 88.4 cm³/mol. The maximum Gasteiger partial charge on any atom is 0.340 e. The molecular weight excluding hydrogens is 292 g/mol. The summed E-state index contributed by atoms with van der Waals surface area (Å²) in [6.07, 6.45) is 4.19. The number of benzene rings is 1. The average Bonchev–Trinajstić information content (AvgIpc) is 3.09. The highest BCUT2D eigenvalue weighted by atomic mass is 16.4. The number of ketones is 1. The van der Waals surface area contributed by atoms with Gasteiger partial charge in [-0.1, -0.05) is 12.1 Å². The van der Waals surface area contributed by atoms with E-state index in [0.717, 1.165) is 18.7 Å². The van der Waals surface area contributed by atoms with Crippen molar-refractivity contribution in [1.29, 1.82) is 0 Å². The van der Waals surface area contributed by atoms with Crippen LogP contribution in [0.5, 0.6) is 0 Å². The van der Waals surface area contributed by atoms with Crippen molar-refractivity contribution in [3.63, 3.8) is 0 Å². The zero-order chi connectivity index (χ0) is 16.4. The molecule has 1 atom stereocenters. The van der Waals surface area contributed by atoms with Gasteiger partial charge in [-0.2, -0.15) is 0 Å². The summed E-state index contributed by atoms with van der Waals surface area (Å²) < 4.78 is 0. The van der Waals surface area contributed by atoms with Crippen LogP contribution in [-0.2, 0) is 9.59 Å². The molecule has 0 aromatic heterocycles. The van der Waals surface area contributed by atoms with Crippen molar-refractivity contribution in [2.45, 2.75) is 32.2 Å². The lowest BCUT2D eigenvalue weighted by Gasteiger charge is -2.33. The van der Waals surface area contributed by atoms with E-state index in [-0.39, 0.29) is 23.8 Å². The molecule has 0 amide bonds. The van der Waals surface area contributed by atoms with E-state index < -0.39 is 5.97 Å². The third-order valence-corrected chi connectivity index (χ3v) is 4.72. The number of aliphatic carboxylic acids is 1. The predicted octanol–water partition coefficient (Wildman–Crippen LogP) is 2.59. The minimum absolute atomic E-state index is 0.0803. The molecule has 1 fully saturated rings. The van der Waals surface area contributed by atoms with Gasteiger partial charge in [0.2, 0.25) is 0 Å². The van der Waals surface area contributed by atoms with E-state index in [9.17, 15) is 9.59 Å². The standard InChI is InChI=1S/C18H22N2O3/c1-2-19-12-15(18(22)23)17(21)11-16(19)13-5-7-14(8-6-13)20-9-3-4-10-20/h5-8,12,16H,2-4,9-11H2,1H3,(H,22,23). The molecule has 23 heavy (non-hydrogen) atoms. The molecule has 2 heterocycles. The Labute approximate surface area is 136 Å². The SMILES string of the molecule is CCN1C=C(C(=O)O)C(=O)CC1c1ccc(N2CCCC2)cc1. The Kier molecular flexibility index (Phi) is 4.37. The van der Waals surface area contributed by atoms with Crippen molar-refractivity contribution in [2.24, 2.45) is 0 Å². The summed E-state index contributed by atoms with van der Waals surface area (Å²) in [6, 6.07) is 8.26. The molecule has 1 unspecified atom stereocenters. The van der Waals surface area contributed by atoms with Crippen molar-refractivity contribution in [3.8, 4) is 0 Å². The average molecular weight is 314 g/mol. The maximum atomic E-state index is 12.1. The lowest BCUT2D eigenvalue weighted by atomic mass is 9.93. The molecule has 2 aliphatic heterocycles. The number of carbonyl (C=O) groups is 2. The molecule has 1 aromatic rings. The zero-order valence-corrected chi connectivity index (χ0v) is 13.4. The first-order valence-corrected chi connectivity index (χ1v) is 8.19. The summed E-state index contributed by atoms with van der Waals surface area (Å²) in [5.41, 5.74) is 2.17. The topological polar surface area (TPSA) is 60.9 Å². The molecule has 5 heteroatoms. The Hall–Kier alpha value is -2.30. The molecule has 0 aliphatic carbocycles. The van der Waals surface area contributed by atoms with Gasteiger partial charge in [0.25, 0.3) is 0 Å². The van der Waals surface area contributed by atoms with Crippen LogP contribution in [0.1, 0.15) is 37.8 Å². The number of carboxylic acid groups (broad SMARTS) is 1. The number of carboxylic acids is 1. The van der Waals surface area contributed by atoms with Gasteiger partial charge in [0.05, 0.1) is 6.04 Å². The highest BCUT2D eigenvalue weighted by Crippen LogP contribution is 2.32. The maximum absolute atomic E-state index is 12.1. The fourth-order valence-corrected chi connectivity index (χ4v) is 3.41. The second-order valence-electron chi connectivity index (χ2n) is 6.11. The summed E-state index contributed by atoms with van der Waals surface area (Å²) in [5, 5.41) is 9.12. The highest BCUT2D eigenvalue weighted by Gasteiger charge is 2.31. The van der Waals surface area contributed by atoms with Crippen LogP contribution in [0, 0.1) is 0 Å². The minimum atomic E-state index is -1.14. The van der Waals surface area contributed by atoms with Crippen LogP contribution >= 0.6 is 0 Å². The Morgan fingerprint density at radius 1 is 1.22 bits per heavy atom. The first-order chi connectivity index (χ1) is 11.1. The Bertz CT molecular complexity index is 630. The molecule has 0 bridgehead atoms. The van der Waals surface area contributed by atoms with Crippen LogP contribution in [0.4, 0.5) is 5.69 Å². The Morgan fingerprint density at radius 3 is 2.43 bits per heavy atom. The molecule has 0 spiro atoms. The number of carbonyl (C=O) groups excluding carboxylic acids is 1. The van der Waals surface area contributed by atoms with E-state index in [0.29, 0.717) is 6.54 Å². The zero-order valence-electron chi connectivity index (χ0n) is 13.4. The molecule has 2 aliphatic rings. The van der Waals surface area contributed by atoms with Crippen LogP contribution < -0.4 is 4.90 Å². The number of anilines is 1. The molecule has 0 saturated carbocycles. The second-order valence-corrected chi connectivity index (χ2v) is 6.11. The summed E-state index contributed by atoms with van der Waals surface area (Å²) in [7, 11) is 0. The number of rotatable bonds is 4. The van der Waals surface area contributed by atoms with Crippen LogP contribution in [-0.4, -0.2) is 41.4 Å². The van der Waals surface area contributed by atoms with Crippen molar-refractivity contribution < 1.29 is 14.7 Å². The quantitative estimate of drug-likeness (QED) is 0.866. The smallest absolute Gasteiger partial charge is 0.340 e. The van der Waals surface area contributed by atoms with Crippen LogP contribution in [0.15, 0.2) is 36.0 Å². The van der Waals surface area contributed by atoms with Gasteiger partial charge in [0, 0.05) is 37.9 Å². The number of Topliss-reactive ketones (excluding diaryl/α,β-unsaturated/α-hetero) is 1. The third-order valence-electron chi connectivity index (χ3n) is 4.72. The van der Waals surface area contributed by atoms with Crippen molar-refractivity contribution >= 4 is 17.4 Å². The normalized spacial score (nSPS) is 21.5. The van der Waals surface area contributed by atoms with E-state index in [1.165, 1.54) is 24.7 Å². The molecule has 1 N–H and O–H groups in total. The lowest BCUT2D eigenvalue weighted by Crippen LogP contribution is -2.33. The second kappa shape index (κ2) is 6.44. The van der Waals surface area contributed by atoms with E-state index in [1.54, 1.807) is 0 Å². The molecule has 5 nitrogen and oxygen atoms in total. The van der Waals surface area contributed by atoms with E-state index in [1.807, 2.05) is 11.8 Å². The van der Waals surface area contributed by atoms with Crippen molar-refractivity contribution in [2.75, 3.05) is 24.5 Å². The van der Waals surface area contributed by atoms with Gasteiger partial charge in [-0.15, -0.1) is 0 Å². The highest BCUT2D eigenvalue weighted by molar-refractivity contribution is 6.17. The molecule has 1 saturated heterocycles. The first kappa shape index (κ1) is 15.6. The lowest BCUT2D eigenvalue weighted by molar-refractivity contribution is -0.135. The third kappa shape index (κ3) is 3.09. The van der Waals surface area contributed by atoms with Gasteiger partial charge in [-0.25, -0.2) is 4.79 Å². The fraction of sp³-hybridized carbons (Fsp3) is 0.444. The number of nitrogens with zero attached hydrogens (tertiary/aromatic N) is 2. The fourth-order valence-electron chi connectivity index (χ4n) is 3.41. The monoisotopic (exact) mass is 314 g/mol. The van der Waals surface area contributed by atoms with Crippen LogP contribution in [0.2, 0.25) is 0 Å². The van der Waals surface area contributed by atoms with Gasteiger partial charge in [-0.3, -0.25) is 4.79 Å². The molecule has 0 radical (unpaired) electrons. The van der Waals surface area contributed by atoms with Gasteiger partial charge >= 0.3 is 5.97 Å². The number of hydrogen-bond acceptors (Lipinski definition) is 4.